The highest BCUT2D eigenvalue weighted by Crippen LogP contribution is 2.27. The second kappa shape index (κ2) is 6.74. The lowest BCUT2D eigenvalue weighted by Gasteiger charge is -2.22. The SMILES string of the molecule is CCCC(CN1C(=O)c2ccccc2C1=O)[SH2]C(=S)S. The van der Waals surface area contributed by atoms with Gasteiger partial charge in [0, 0.05) is 11.8 Å². The second-order valence-corrected chi connectivity index (χ2v) is 8.25. The topological polar surface area (TPSA) is 37.4 Å². The molecule has 0 saturated heterocycles. The number of nitrogens with zero attached hydrogens (tertiary/aromatic N) is 1. The summed E-state index contributed by atoms with van der Waals surface area (Å²) in [4.78, 5) is 25.9. The number of imide groups is 1. The molecule has 0 radical (unpaired) electrons. The Hall–Kier alpha value is -0.850. The van der Waals surface area contributed by atoms with E-state index >= 15 is 0 Å². The molecule has 20 heavy (non-hydrogen) atoms. The zero-order valence-corrected chi connectivity index (χ0v) is 13.8. The van der Waals surface area contributed by atoms with Crippen molar-refractivity contribution in [3.8, 4) is 0 Å². The van der Waals surface area contributed by atoms with Crippen molar-refractivity contribution in [1.29, 1.82) is 0 Å². The first kappa shape index (κ1) is 15.5. The average Bonchev–Trinajstić information content (AvgIpc) is 2.64. The minimum atomic E-state index is -0.193. The first-order valence-corrected chi connectivity index (χ1v) is 8.42. The molecular weight excluding hydrogens is 310 g/mol. The van der Waals surface area contributed by atoms with Crippen LogP contribution in [0.5, 0.6) is 0 Å². The highest BCUT2D eigenvalue weighted by molar-refractivity contribution is 8.41. The summed E-state index contributed by atoms with van der Waals surface area (Å²) in [5, 5.41) is 0.215. The molecule has 1 aliphatic rings. The molecule has 0 aliphatic carbocycles. The minimum Gasteiger partial charge on any atom is -0.273 e. The number of thiocarbonyl (C=S) groups is 1. The predicted molar refractivity (Wildman–Crippen MR) is 92.5 cm³/mol. The van der Waals surface area contributed by atoms with Gasteiger partial charge in [0.1, 0.15) is 0 Å². The third-order valence-electron chi connectivity index (χ3n) is 3.25. The maximum absolute atomic E-state index is 12.3. The molecule has 0 aromatic heterocycles. The fourth-order valence-electron chi connectivity index (χ4n) is 2.36. The van der Waals surface area contributed by atoms with Crippen LogP contribution in [-0.4, -0.2) is 32.0 Å². The van der Waals surface area contributed by atoms with Gasteiger partial charge < -0.3 is 0 Å². The Morgan fingerprint density at radius 3 is 2.30 bits per heavy atom. The van der Waals surface area contributed by atoms with Gasteiger partial charge in [0.25, 0.3) is 11.8 Å². The largest absolute Gasteiger partial charge is 0.273 e. The molecule has 1 unspecified atom stereocenters. The van der Waals surface area contributed by atoms with Crippen LogP contribution in [-0.2, 0) is 0 Å². The molecule has 1 atom stereocenters. The number of carbonyl (C=O) groups is 2. The number of benzene rings is 1. The van der Waals surface area contributed by atoms with Crippen LogP contribution in [0.2, 0.25) is 0 Å². The summed E-state index contributed by atoms with van der Waals surface area (Å²) in [6.07, 6.45) is 1.93. The summed E-state index contributed by atoms with van der Waals surface area (Å²) in [5.41, 5.74) is 1.01. The third kappa shape index (κ3) is 3.24. The van der Waals surface area contributed by atoms with Crippen LogP contribution >= 0.6 is 36.6 Å². The number of carbonyl (C=O) groups excluding carboxylic acids is 2. The van der Waals surface area contributed by atoms with E-state index in [1.807, 2.05) is 0 Å². The quantitative estimate of drug-likeness (QED) is 0.513. The van der Waals surface area contributed by atoms with Crippen LogP contribution in [0.15, 0.2) is 24.3 Å². The van der Waals surface area contributed by atoms with Crippen molar-refractivity contribution >= 4 is 52.0 Å². The number of thiol groups is 1. The van der Waals surface area contributed by atoms with Crippen molar-refractivity contribution in [2.45, 2.75) is 25.0 Å². The van der Waals surface area contributed by atoms with Gasteiger partial charge >= 0.3 is 0 Å². The maximum atomic E-state index is 12.3. The molecule has 108 valence electrons. The van der Waals surface area contributed by atoms with E-state index in [0.717, 1.165) is 12.8 Å². The molecule has 0 spiro atoms. The lowest BCUT2D eigenvalue weighted by atomic mass is 10.1. The van der Waals surface area contributed by atoms with Gasteiger partial charge in [-0.05, 0) is 18.6 Å². The minimum absolute atomic E-state index is 0.193. The van der Waals surface area contributed by atoms with Crippen LogP contribution in [0.25, 0.3) is 0 Å². The lowest BCUT2D eigenvalue weighted by Crippen LogP contribution is -2.36. The molecule has 3 nitrogen and oxygen atoms in total. The summed E-state index contributed by atoms with van der Waals surface area (Å²) < 4.78 is 0.653. The molecule has 1 aromatic rings. The average molecular weight is 327 g/mol. The molecule has 2 rings (SSSR count). The van der Waals surface area contributed by atoms with Gasteiger partial charge in [0.2, 0.25) is 0 Å². The van der Waals surface area contributed by atoms with E-state index in [1.165, 1.54) is 4.90 Å². The summed E-state index contributed by atoms with van der Waals surface area (Å²) >= 11 is 9.61. The van der Waals surface area contributed by atoms with Crippen LogP contribution in [0.4, 0.5) is 0 Å². The molecule has 0 saturated carbocycles. The van der Waals surface area contributed by atoms with Gasteiger partial charge in [-0.2, -0.15) is 0 Å². The number of rotatable bonds is 5. The normalized spacial score (nSPS) is 16.4. The van der Waals surface area contributed by atoms with Crippen molar-refractivity contribution in [3.05, 3.63) is 35.4 Å². The second-order valence-electron chi connectivity index (χ2n) is 4.70. The van der Waals surface area contributed by atoms with Gasteiger partial charge in [-0.25, -0.2) is 11.8 Å². The van der Waals surface area contributed by atoms with Gasteiger partial charge in [0.15, 0.2) is 0 Å². The molecular formula is C14H17NO2S3. The van der Waals surface area contributed by atoms with E-state index in [1.54, 1.807) is 24.3 Å². The fourth-order valence-corrected chi connectivity index (χ4v) is 4.46. The first-order valence-electron chi connectivity index (χ1n) is 6.49. The highest BCUT2D eigenvalue weighted by atomic mass is 32.2. The highest BCUT2D eigenvalue weighted by Gasteiger charge is 2.36. The smallest absolute Gasteiger partial charge is 0.261 e. The monoisotopic (exact) mass is 327 g/mol. The Bertz CT molecular complexity index is 524. The zero-order chi connectivity index (χ0) is 14.7. The molecule has 1 heterocycles. The summed E-state index contributed by atoms with van der Waals surface area (Å²) in [5.74, 6) is -0.386. The number of fused-ring (bicyclic) bond motifs is 1. The molecule has 0 fully saturated rings. The van der Waals surface area contributed by atoms with Crippen LogP contribution in [0.1, 0.15) is 40.5 Å². The van der Waals surface area contributed by atoms with Crippen LogP contribution in [0.3, 0.4) is 0 Å². The fraction of sp³-hybridized carbons (Fsp3) is 0.357. The van der Waals surface area contributed by atoms with E-state index in [4.69, 9.17) is 12.2 Å². The van der Waals surface area contributed by atoms with Crippen molar-refractivity contribution in [1.82, 2.24) is 4.90 Å². The Balaban J connectivity index is 2.16. The van der Waals surface area contributed by atoms with E-state index in [0.29, 0.717) is 33.0 Å². The van der Waals surface area contributed by atoms with Crippen molar-refractivity contribution in [3.63, 3.8) is 0 Å². The Kier molecular flexibility index (Phi) is 5.23. The Morgan fingerprint density at radius 1 is 1.30 bits per heavy atom. The van der Waals surface area contributed by atoms with E-state index in [9.17, 15) is 9.59 Å². The summed E-state index contributed by atoms with van der Waals surface area (Å²) in [6.45, 7) is 2.51. The third-order valence-corrected chi connectivity index (χ3v) is 5.11. The van der Waals surface area contributed by atoms with Gasteiger partial charge in [-0.3, -0.25) is 14.5 Å². The van der Waals surface area contributed by atoms with E-state index in [2.05, 4.69) is 19.6 Å². The number of amides is 2. The number of hydrogen-bond donors (Lipinski definition) is 1. The summed E-state index contributed by atoms with van der Waals surface area (Å²) in [6, 6.07) is 6.97. The number of hydrogen-bond acceptors (Lipinski definition) is 3. The molecule has 0 bridgehead atoms. The molecule has 2 amide bonds. The molecule has 0 N–H and O–H groups in total. The predicted octanol–water partition coefficient (Wildman–Crippen LogP) is 2.86. The van der Waals surface area contributed by atoms with Crippen molar-refractivity contribution in [2.75, 3.05) is 6.54 Å². The maximum Gasteiger partial charge on any atom is 0.261 e. The van der Waals surface area contributed by atoms with Crippen molar-refractivity contribution < 1.29 is 9.59 Å². The molecule has 6 heteroatoms. The van der Waals surface area contributed by atoms with Crippen LogP contribution in [0, 0.1) is 0 Å². The van der Waals surface area contributed by atoms with Crippen molar-refractivity contribution in [2.24, 2.45) is 0 Å². The Morgan fingerprint density at radius 2 is 1.85 bits per heavy atom. The van der Waals surface area contributed by atoms with Crippen LogP contribution < -0.4 is 0 Å². The van der Waals surface area contributed by atoms with E-state index in [-0.39, 0.29) is 17.1 Å². The van der Waals surface area contributed by atoms with Gasteiger partial charge in [0.05, 0.1) is 14.7 Å². The molecule has 1 aliphatic heterocycles. The first-order chi connectivity index (χ1) is 9.54. The zero-order valence-electron chi connectivity index (χ0n) is 11.1. The lowest BCUT2D eigenvalue weighted by molar-refractivity contribution is 0.0654. The Labute approximate surface area is 133 Å². The molecule has 1 aromatic carbocycles. The van der Waals surface area contributed by atoms with E-state index < -0.39 is 0 Å². The van der Waals surface area contributed by atoms with Gasteiger partial charge in [-0.1, -0.05) is 37.7 Å². The van der Waals surface area contributed by atoms with Gasteiger partial charge in [-0.15, -0.1) is 12.6 Å². The standard InChI is InChI=1S/C14H17NO2S3/c1-2-5-9(20-14(18)19)8-15-12(16)10-6-3-4-7-11(10)13(15)17/h3-4,6-7,9H,2,5,8,20H2,1H3,(H,18,19). The summed E-state index contributed by atoms with van der Waals surface area (Å²) in [7, 11) is 0.